The number of carbonyl (C=O) groups is 1. The van der Waals surface area contributed by atoms with Gasteiger partial charge in [0.1, 0.15) is 0 Å². The Morgan fingerprint density at radius 3 is 2.60 bits per heavy atom. The molecule has 0 bridgehead atoms. The van der Waals surface area contributed by atoms with Crippen LogP contribution in [0.1, 0.15) is 16.5 Å². The van der Waals surface area contributed by atoms with Crippen LogP contribution in [0.25, 0.3) is 0 Å². The molecule has 30 heavy (non-hydrogen) atoms. The summed E-state index contributed by atoms with van der Waals surface area (Å²) in [7, 11) is 3.77. The number of likely N-dealkylation sites (N-methyl/N-ethyl adjacent to an activating group) is 1. The first kappa shape index (κ1) is 22.4. The first-order valence-electron chi connectivity index (χ1n) is 9.54. The van der Waals surface area contributed by atoms with E-state index in [4.69, 9.17) is 4.74 Å². The lowest BCUT2D eigenvalue weighted by Crippen LogP contribution is -2.37. The molecule has 0 radical (unpaired) electrons. The van der Waals surface area contributed by atoms with E-state index in [1.54, 1.807) is 17.4 Å². The minimum Gasteiger partial charge on any atom is -0.378 e. The predicted octanol–water partition coefficient (Wildman–Crippen LogP) is 4.03. The number of alkyl halides is 3. The fourth-order valence-electron chi connectivity index (χ4n) is 3.27. The Morgan fingerprint density at radius 1 is 1.27 bits per heavy atom. The van der Waals surface area contributed by atoms with E-state index < -0.39 is 17.8 Å². The number of urea groups is 1. The van der Waals surface area contributed by atoms with Crippen molar-refractivity contribution in [1.29, 1.82) is 0 Å². The summed E-state index contributed by atoms with van der Waals surface area (Å²) in [5.74, 6) is 0. The van der Waals surface area contributed by atoms with Crippen LogP contribution in [0.15, 0.2) is 35.7 Å². The standard InChI is InChI=1S/C20H25F3N4O2S/c1-26(2)17(18-4-3-11-30-18)13-24-19(28)25-16-6-5-14(12-15(16)20(21,22)23)27-7-9-29-10-8-27/h3-6,11-12,17H,7-10,13H2,1-2H3,(H2,24,25,28)/t17-/m1/s1. The molecule has 2 aromatic rings. The Bertz CT molecular complexity index is 837. The van der Waals surface area contributed by atoms with Gasteiger partial charge in [0.05, 0.1) is 30.5 Å². The van der Waals surface area contributed by atoms with Gasteiger partial charge in [-0.1, -0.05) is 6.07 Å². The molecular formula is C20H25F3N4O2S. The molecule has 0 unspecified atom stereocenters. The van der Waals surface area contributed by atoms with Gasteiger partial charge >= 0.3 is 12.2 Å². The Kier molecular flexibility index (Phi) is 7.22. The second kappa shape index (κ2) is 9.67. The van der Waals surface area contributed by atoms with Crippen LogP contribution < -0.4 is 15.5 Å². The molecule has 2 amide bonds. The van der Waals surface area contributed by atoms with Crippen LogP contribution in [0.2, 0.25) is 0 Å². The summed E-state index contributed by atoms with van der Waals surface area (Å²) in [5.41, 5.74) is -0.680. The molecule has 164 valence electrons. The van der Waals surface area contributed by atoms with Crippen molar-refractivity contribution in [3.63, 3.8) is 0 Å². The second-order valence-corrected chi connectivity index (χ2v) is 8.14. The number of benzene rings is 1. The van der Waals surface area contributed by atoms with Crippen molar-refractivity contribution < 1.29 is 22.7 Å². The van der Waals surface area contributed by atoms with Crippen LogP contribution in [0.3, 0.4) is 0 Å². The average Bonchev–Trinajstić information content (AvgIpc) is 3.22. The summed E-state index contributed by atoms with van der Waals surface area (Å²) in [6.07, 6.45) is -4.59. The summed E-state index contributed by atoms with van der Waals surface area (Å²) in [6, 6.07) is 7.10. The third-order valence-electron chi connectivity index (χ3n) is 4.88. The molecule has 1 atom stereocenters. The molecule has 3 rings (SSSR count). The van der Waals surface area contributed by atoms with Gasteiger partial charge in [-0.15, -0.1) is 11.3 Å². The molecule has 1 aliphatic rings. The van der Waals surface area contributed by atoms with E-state index in [-0.39, 0.29) is 18.3 Å². The van der Waals surface area contributed by atoms with Crippen molar-refractivity contribution in [1.82, 2.24) is 10.2 Å². The van der Waals surface area contributed by atoms with Gasteiger partial charge in [-0.3, -0.25) is 0 Å². The summed E-state index contributed by atoms with van der Waals surface area (Å²) in [6.45, 7) is 2.27. The van der Waals surface area contributed by atoms with Crippen LogP contribution in [-0.2, 0) is 10.9 Å². The Hall–Kier alpha value is -2.30. The zero-order valence-electron chi connectivity index (χ0n) is 16.8. The van der Waals surface area contributed by atoms with Crippen molar-refractivity contribution >= 4 is 28.7 Å². The Labute approximate surface area is 177 Å². The first-order chi connectivity index (χ1) is 14.3. The molecule has 1 aliphatic heterocycles. The van der Waals surface area contributed by atoms with Gasteiger partial charge < -0.3 is 25.2 Å². The molecule has 1 aromatic heterocycles. The summed E-state index contributed by atoms with van der Waals surface area (Å²) >= 11 is 1.56. The van der Waals surface area contributed by atoms with E-state index in [0.717, 1.165) is 10.9 Å². The molecule has 10 heteroatoms. The van der Waals surface area contributed by atoms with Crippen molar-refractivity contribution in [3.8, 4) is 0 Å². The van der Waals surface area contributed by atoms with Gasteiger partial charge in [0, 0.05) is 30.2 Å². The van der Waals surface area contributed by atoms with Crippen molar-refractivity contribution in [2.45, 2.75) is 12.2 Å². The highest BCUT2D eigenvalue weighted by Gasteiger charge is 2.35. The van der Waals surface area contributed by atoms with E-state index in [0.29, 0.717) is 32.0 Å². The zero-order chi connectivity index (χ0) is 21.7. The van der Waals surface area contributed by atoms with Crippen LogP contribution in [0.5, 0.6) is 0 Å². The lowest BCUT2D eigenvalue weighted by Gasteiger charge is -2.29. The maximum atomic E-state index is 13.6. The molecule has 2 heterocycles. The Balaban J connectivity index is 1.70. The number of hydrogen-bond donors (Lipinski definition) is 2. The number of nitrogens with zero attached hydrogens (tertiary/aromatic N) is 2. The average molecular weight is 443 g/mol. The van der Waals surface area contributed by atoms with Crippen LogP contribution in [-0.4, -0.2) is 57.9 Å². The number of rotatable bonds is 6. The normalized spacial score (nSPS) is 15.9. The SMILES string of the molecule is CN(C)[C@H](CNC(=O)Nc1ccc(N2CCOCC2)cc1C(F)(F)F)c1cccs1. The minimum atomic E-state index is -4.59. The van der Waals surface area contributed by atoms with E-state index in [2.05, 4.69) is 10.6 Å². The van der Waals surface area contributed by atoms with Gasteiger partial charge in [0.25, 0.3) is 0 Å². The smallest absolute Gasteiger partial charge is 0.378 e. The maximum Gasteiger partial charge on any atom is 0.418 e. The summed E-state index contributed by atoms with van der Waals surface area (Å²) < 4.78 is 46.1. The van der Waals surface area contributed by atoms with Gasteiger partial charge in [-0.2, -0.15) is 13.2 Å². The number of ether oxygens (including phenoxy) is 1. The molecule has 6 nitrogen and oxygen atoms in total. The van der Waals surface area contributed by atoms with E-state index in [1.165, 1.54) is 6.07 Å². The number of nitrogens with one attached hydrogen (secondary N) is 2. The fourth-order valence-corrected chi connectivity index (χ4v) is 4.19. The number of hydrogen-bond acceptors (Lipinski definition) is 5. The Morgan fingerprint density at radius 2 is 2.00 bits per heavy atom. The lowest BCUT2D eigenvalue weighted by atomic mass is 10.1. The first-order valence-corrected chi connectivity index (χ1v) is 10.4. The van der Waals surface area contributed by atoms with Gasteiger partial charge in [0.15, 0.2) is 0 Å². The van der Waals surface area contributed by atoms with E-state index in [1.807, 2.05) is 41.4 Å². The van der Waals surface area contributed by atoms with Crippen LogP contribution in [0, 0.1) is 0 Å². The monoisotopic (exact) mass is 442 g/mol. The maximum absolute atomic E-state index is 13.6. The second-order valence-electron chi connectivity index (χ2n) is 7.16. The van der Waals surface area contributed by atoms with Crippen LogP contribution in [0.4, 0.5) is 29.3 Å². The summed E-state index contributed by atoms with van der Waals surface area (Å²) in [4.78, 5) is 17.2. The number of amides is 2. The molecule has 0 spiro atoms. The number of carbonyl (C=O) groups excluding carboxylic acids is 1. The minimum absolute atomic E-state index is 0.0680. The van der Waals surface area contributed by atoms with Gasteiger partial charge in [0.2, 0.25) is 0 Å². The largest absolute Gasteiger partial charge is 0.418 e. The van der Waals surface area contributed by atoms with Crippen molar-refractivity contribution in [3.05, 3.63) is 46.2 Å². The number of anilines is 2. The molecule has 1 saturated heterocycles. The molecule has 0 saturated carbocycles. The fraction of sp³-hybridized carbons (Fsp3) is 0.450. The highest BCUT2D eigenvalue weighted by Crippen LogP contribution is 2.37. The lowest BCUT2D eigenvalue weighted by molar-refractivity contribution is -0.136. The van der Waals surface area contributed by atoms with E-state index in [9.17, 15) is 18.0 Å². The highest BCUT2D eigenvalue weighted by atomic mass is 32.1. The molecule has 2 N–H and O–H groups in total. The third kappa shape index (κ3) is 5.65. The molecule has 1 fully saturated rings. The molecule has 1 aromatic carbocycles. The summed E-state index contributed by atoms with van der Waals surface area (Å²) in [5, 5.41) is 6.98. The quantitative estimate of drug-likeness (QED) is 0.709. The van der Waals surface area contributed by atoms with Gasteiger partial charge in [-0.05, 0) is 43.7 Å². The number of morpholine rings is 1. The van der Waals surface area contributed by atoms with Crippen LogP contribution >= 0.6 is 11.3 Å². The molecular weight excluding hydrogens is 417 g/mol. The van der Waals surface area contributed by atoms with Crippen molar-refractivity contribution in [2.24, 2.45) is 0 Å². The molecule has 0 aliphatic carbocycles. The third-order valence-corrected chi connectivity index (χ3v) is 5.86. The topological polar surface area (TPSA) is 56.8 Å². The van der Waals surface area contributed by atoms with E-state index >= 15 is 0 Å². The number of thiophene rings is 1. The predicted molar refractivity (Wildman–Crippen MR) is 112 cm³/mol. The van der Waals surface area contributed by atoms with Crippen molar-refractivity contribution in [2.75, 3.05) is 57.2 Å². The highest BCUT2D eigenvalue weighted by molar-refractivity contribution is 7.10. The number of halogens is 3. The zero-order valence-corrected chi connectivity index (χ0v) is 17.6. The van der Waals surface area contributed by atoms with Gasteiger partial charge in [-0.25, -0.2) is 4.79 Å².